The first kappa shape index (κ1) is 18.2. The lowest BCUT2D eigenvalue weighted by Crippen LogP contribution is -2.66. The summed E-state index contributed by atoms with van der Waals surface area (Å²) in [7, 11) is 0. The van der Waals surface area contributed by atoms with Gasteiger partial charge < -0.3 is 37.3 Å². The first-order valence-electron chi connectivity index (χ1n) is 8.70. The Hall–Kier alpha value is -3.17. The summed E-state index contributed by atoms with van der Waals surface area (Å²) in [5, 5.41) is 50.5. The van der Waals surface area contributed by atoms with Crippen LogP contribution in [-0.4, -0.2) is 49.5 Å². The first-order valence-corrected chi connectivity index (χ1v) is 8.70. The Labute approximate surface area is 159 Å². The summed E-state index contributed by atoms with van der Waals surface area (Å²) in [6, 6.07) is 3.41. The Bertz CT molecular complexity index is 1030. The molecule has 0 saturated heterocycles. The van der Waals surface area contributed by atoms with Gasteiger partial charge in [-0.15, -0.1) is 0 Å². The number of carbonyl (C=O) groups is 2. The molecule has 1 fully saturated rings. The molecule has 1 aromatic rings. The zero-order valence-electron chi connectivity index (χ0n) is 14.6. The van der Waals surface area contributed by atoms with Crippen LogP contribution in [0.15, 0.2) is 35.1 Å². The van der Waals surface area contributed by atoms with E-state index in [0.717, 1.165) is 0 Å². The van der Waals surface area contributed by atoms with Gasteiger partial charge in [-0.25, -0.2) is 0 Å². The van der Waals surface area contributed by atoms with Crippen LogP contribution in [0.2, 0.25) is 0 Å². The van der Waals surface area contributed by atoms with Crippen LogP contribution in [0, 0.1) is 17.2 Å². The van der Waals surface area contributed by atoms with Crippen LogP contribution in [0.25, 0.3) is 5.76 Å². The van der Waals surface area contributed by atoms with Crippen molar-refractivity contribution in [2.75, 3.05) is 0 Å². The molecule has 3 aliphatic carbocycles. The fraction of sp³-hybridized carbons (Fsp3) is 0.316. The van der Waals surface area contributed by atoms with Crippen molar-refractivity contribution < 1.29 is 30.0 Å². The molecule has 0 bridgehead atoms. The van der Waals surface area contributed by atoms with Crippen molar-refractivity contribution in [2.24, 2.45) is 23.3 Å². The molecule has 146 valence electrons. The number of phenols is 1. The van der Waals surface area contributed by atoms with Gasteiger partial charge in [0.25, 0.3) is 5.91 Å². The highest BCUT2D eigenvalue weighted by molar-refractivity contribution is 6.33. The highest BCUT2D eigenvalue weighted by Gasteiger charge is 2.62. The molecular formula is C19H19N3O6. The van der Waals surface area contributed by atoms with E-state index >= 15 is 0 Å². The smallest absolute Gasteiger partial charge is 0.254 e. The minimum absolute atomic E-state index is 0.0797. The monoisotopic (exact) mass is 385 g/mol. The van der Waals surface area contributed by atoms with Crippen LogP contribution < -0.4 is 11.5 Å². The van der Waals surface area contributed by atoms with Crippen LogP contribution in [0.3, 0.4) is 0 Å². The summed E-state index contributed by atoms with van der Waals surface area (Å²) in [6.07, 6.45) is 0.380. The summed E-state index contributed by atoms with van der Waals surface area (Å²) < 4.78 is 0. The molecule has 9 nitrogen and oxygen atoms in total. The summed E-state index contributed by atoms with van der Waals surface area (Å²) in [5.41, 5.74) is 7.76. The second kappa shape index (κ2) is 5.66. The molecule has 9 heteroatoms. The van der Waals surface area contributed by atoms with E-state index in [9.17, 15) is 30.0 Å². The first-order chi connectivity index (χ1) is 13.1. The Kier molecular flexibility index (Phi) is 3.68. The normalized spacial score (nSPS) is 32.0. The number of nitrogens with one attached hydrogen (secondary N) is 1. The van der Waals surface area contributed by atoms with Crippen molar-refractivity contribution in [1.29, 1.82) is 5.41 Å². The molecule has 0 spiro atoms. The number of ketones is 1. The highest BCUT2D eigenvalue weighted by Crippen LogP contribution is 2.50. The molecule has 0 aliphatic heterocycles. The maximum absolute atomic E-state index is 13.3. The van der Waals surface area contributed by atoms with Crippen molar-refractivity contribution in [3.8, 4) is 5.75 Å². The van der Waals surface area contributed by atoms with Crippen LogP contribution in [0.1, 0.15) is 17.5 Å². The number of aromatic hydroxyl groups is 1. The summed E-state index contributed by atoms with van der Waals surface area (Å²) in [6.45, 7) is 0. The predicted octanol–water partition coefficient (Wildman–Crippen LogP) is -0.188. The minimum Gasteiger partial charge on any atom is -0.510 e. The fourth-order valence-corrected chi connectivity index (χ4v) is 4.70. The fourth-order valence-electron chi connectivity index (χ4n) is 4.70. The van der Waals surface area contributed by atoms with Crippen LogP contribution in [0.5, 0.6) is 5.75 Å². The molecule has 4 atom stereocenters. The maximum Gasteiger partial charge on any atom is 0.254 e. The van der Waals surface area contributed by atoms with Gasteiger partial charge in [0.2, 0.25) is 5.78 Å². The molecule has 0 unspecified atom stereocenters. The van der Waals surface area contributed by atoms with Gasteiger partial charge in [-0.3, -0.25) is 9.59 Å². The van der Waals surface area contributed by atoms with Gasteiger partial charge in [-0.2, -0.15) is 0 Å². The van der Waals surface area contributed by atoms with E-state index in [-0.39, 0.29) is 23.3 Å². The molecule has 1 aromatic carbocycles. The number of phenolic OH excluding ortho intramolecular Hbond substituents is 1. The SMILES string of the molecule is N=C1C(C(N)=O)=C(O)[C@H](N)[C@@H]2C[C@@H]3Cc4cccc(O)c4C(O)=C3C(=O)[C@]12O. The van der Waals surface area contributed by atoms with Gasteiger partial charge in [-0.05, 0) is 30.4 Å². The number of benzene rings is 1. The van der Waals surface area contributed by atoms with Crippen molar-refractivity contribution in [2.45, 2.75) is 24.5 Å². The zero-order valence-corrected chi connectivity index (χ0v) is 14.6. The number of rotatable bonds is 1. The number of nitrogens with two attached hydrogens (primary N) is 2. The number of aliphatic hydroxyl groups excluding tert-OH is 2. The van der Waals surface area contributed by atoms with Crippen molar-refractivity contribution in [1.82, 2.24) is 0 Å². The third-order valence-corrected chi connectivity index (χ3v) is 6.04. The summed E-state index contributed by atoms with van der Waals surface area (Å²) in [5.74, 6) is -5.09. The Balaban J connectivity index is 1.93. The van der Waals surface area contributed by atoms with E-state index in [1.54, 1.807) is 12.1 Å². The lowest BCUT2D eigenvalue weighted by Gasteiger charge is -2.49. The molecule has 4 rings (SSSR count). The highest BCUT2D eigenvalue weighted by atomic mass is 16.3. The van der Waals surface area contributed by atoms with E-state index in [1.807, 2.05) is 0 Å². The molecule has 1 saturated carbocycles. The quantitative estimate of drug-likeness (QED) is 0.348. The molecule has 9 N–H and O–H groups in total. The number of Topliss-reactive ketones (excluding diaryl/α,β-unsaturated/α-hetero) is 1. The largest absolute Gasteiger partial charge is 0.510 e. The van der Waals surface area contributed by atoms with Crippen LogP contribution in [0.4, 0.5) is 0 Å². The second-order valence-electron chi connectivity index (χ2n) is 7.44. The van der Waals surface area contributed by atoms with Gasteiger partial charge in [0, 0.05) is 11.5 Å². The lowest BCUT2D eigenvalue weighted by atomic mass is 9.57. The number of aliphatic hydroxyl groups is 3. The lowest BCUT2D eigenvalue weighted by molar-refractivity contribution is -0.136. The number of hydrogen-bond acceptors (Lipinski definition) is 8. The molecule has 0 radical (unpaired) electrons. The molecule has 0 aromatic heterocycles. The van der Waals surface area contributed by atoms with E-state index < -0.39 is 58.0 Å². The van der Waals surface area contributed by atoms with Crippen molar-refractivity contribution >= 4 is 23.2 Å². The molecule has 1 amide bonds. The van der Waals surface area contributed by atoms with Gasteiger partial charge in [-0.1, -0.05) is 12.1 Å². The summed E-state index contributed by atoms with van der Waals surface area (Å²) >= 11 is 0. The average molecular weight is 385 g/mol. The third kappa shape index (κ3) is 2.05. The van der Waals surface area contributed by atoms with E-state index in [1.165, 1.54) is 6.07 Å². The molecule has 0 heterocycles. The Morgan fingerprint density at radius 1 is 1.25 bits per heavy atom. The minimum atomic E-state index is -2.52. The number of fused-ring (bicyclic) bond motifs is 3. The molecular weight excluding hydrogens is 366 g/mol. The Morgan fingerprint density at radius 3 is 2.57 bits per heavy atom. The maximum atomic E-state index is 13.3. The molecule has 28 heavy (non-hydrogen) atoms. The Morgan fingerprint density at radius 2 is 1.93 bits per heavy atom. The van der Waals surface area contributed by atoms with Crippen molar-refractivity contribution in [3.63, 3.8) is 0 Å². The van der Waals surface area contributed by atoms with Gasteiger partial charge in [0.05, 0.1) is 17.3 Å². The van der Waals surface area contributed by atoms with Crippen LogP contribution in [-0.2, 0) is 16.0 Å². The van der Waals surface area contributed by atoms with E-state index in [0.29, 0.717) is 12.0 Å². The topological polar surface area (TPSA) is 191 Å². The zero-order chi connectivity index (χ0) is 20.5. The number of amides is 1. The van der Waals surface area contributed by atoms with Gasteiger partial charge in [0.15, 0.2) is 5.60 Å². The van der Waals surface area contributed by atoms with E-state index in [2.05, 4.69) is 0 Å². The van der Waals surface area contributed by atoms with Gasteiger partial charge >= 0.3 is 0 Å². The standard InChI is InChI=1S/C19H19N3O6/c20-13-8-5-7-4-6-2-1-3-9(23)10(6)14(24)11(7)17(26)19(8,28)16(21)12(15(13)25)18(22)27/h1-3,7-8,13,21,23-25,28H,4-5,20H2,(H2,22,27)/t7-,8-,13+,19+/m0/s1. The van der Waals surface area contributed by atoms with Crippen molar-refractivity contribution in [3.05, 3.63) is 46.2 Å². The van der Waals surface area contributed by atoms with Crippen LogP contribution >= 0.6 is 0 Å². The van der Waals surface area contributed by atoms with Gasteiger partial charge in [0.1, 0.15) is 22.8 Å². The molecule has 3 aliphatic rings. The van der Waals surface area contributed by atoms with E-state index in [4.69, 9.17) is 16.9 Å². The number of carbonyl (C=O) groups excluding carboxylic acids is 2. The average Bonchev–Trinajstić information content (AvgIpc) is 2.62. The summed E-state index contributed by atoms with van der Waals surface area (Å²) in [4.78, 5) is 25.0. The second-order valence-corrected chi connectivity index (χ2v) is 7.44. The number of primary amides is 1. The number of hydrogen-bond donors (Lipinski definition) is 7. The third-order valence-electron chi connectivity index (χ3n) is 6.04. The predicted molar refractivity (Wildman–Crippen MR) is 97.5 cm³/mol.